The summed E-state index contributed by atoms with van der Waals surface area (Å²) in [5.41, 5.74) is 6.03. The Balaban J connectivity index is 1.67. The first kappa shape index (κ1) is 19.5. The summed E-state index contributed by atoms with van der Waals surface area (Å²) >= 11 is 0.00227. The van der Waals surface area contributed by atoms with E-state index in [1.807, 2.05) is 11.3 Å². The van der Waals surface area contributed by atoms with Crippen LogP contribution in [0, 0.1) is 6.92 Å². The Kier molecular flexibility index (Phi) is 4.80. The summed E-state index contributed by atoms with van der Waals surface area (Å²) in [5.74, 6) is 7.42. The third-order valence-corrected chi connectivity index (χ3v) is 11.7. The average Bonchev–Trinajstić information content (AvgIpc) is 3.11. The van der Waals surface area contributed by atoms with Crippen LogP contribution < -0.4 is 4.40 Å². The zero-order valence-electron chi connectivity index (χ0n) is 17.9. The van der Waals surface area contributed by atoms with E-state index in [2.05, 4.69) is 103 Å². The maximum atomic E-state index is 4.88. The van der Waals surface area contributed by atoms with Gasteiger partial charge in [-0.1, -0.05) is 6.07 Å². The molecule has 5 aromatic rings. The third kappa shape index (κ3) is 3.38. The van der Waals surface area contributed by atoms with Gasteiger partial charge >= 0.3 is 179 Å². The van der Waals surface area contributed by atoms with E-state index in [-0.39, 0.29) is 0 Å². The summed E-state index contributed by atoms with van der Waals surface area (Å²) < 4.78 is 4.39. The standard InChI is InChI=1S/C27H25GeNS/c1-18-13-14-20(15-22(18)19-9-6-5-7-10-19)25-16-26-23(17-29-25)21-11-8-12-24(27(21)30-26)28(2,3)4/h5-17H,1-4H3. The molecular weight excluding hydrogens is 443 g/mol. The van der Waals surface area contributed by atoms with Crippen LogP contribution in [0.15, 0.2) is 79.0 Å². The second-order valence-corrected chi connectivity index (χ2v) is 20.6. The van der Waals surface area contributed by atoms with E-state index in [0.717, 1.165) is 5.69 Å². The van der Waals surface area contributed by atoms with Crippen molar-refractivity contribution < 1.29 is 0 Å². The molecule has 3 aromatic carbocycles. The van der Waals surface area contributed by atoms with E-state index in [0.29, 0.717) is 0 Å². The second kappa shape index (κ2) is 7.37. The number of pyridine rings is 1. The van der Waals surface area contributed by atoms with Gasteiger partial charge in [0.2, 0.25) is 0 Å². The van der Waals surface area contributed by atoms with E-state index in [9.17, 15) is 0 Å². The molecule has 0 aliphatic heterocycles. The van der Waals surface area contributed by atoms with Crippen LogP contribution >= 0.6 is 11.3 Å². The molecule has 0 fully saturated rings. The fraction of sp³-hybridized carbons (Fsp3) is 0.148. The van der Waals surface area contributed by atoms with Gasteiger partial charge in [-0.05, 0) is 0 Å². The van der Waals surface area contributed by atoms with Gasteiger partial charge in [0.25, 0.3) is 0 Å². The molecule has 0 amide bonds. The summed E-state index contributed by atoms with van der Waals surface area (Å²) in [7, 11) is 0. The number of aromatic nitrogens is 1. The van der Waals surface area contributed by atoms with E-state index in [1.165, 1.54) is 42.4 Å². The molecule has 0 saturated carbocycles. The molecule has 3 heteroatoms. The molecule has 5 rings (SSSR count). The quantitative estimate of drug-likeness (QED) is 0.248. The molecule has 0 bridgehead atoms. The van der Waals surface area contributed by atoms with Gasteiger partial charge in [0.1, 0.15) is 0 Å². The predicted molar refractivity (Wildman–Crippen MR) is 136 cm³/mol. The van der Waals surface area contributed by atoms with Crippen molar-refractivity contribution in [1.29, 1.82) is 0 Å². The Morgan fingerprint density at radius 3 is 2.33 bits per heavy atom. The first-order valence-electron chi connectivity index (χ1n) is 10.4. The van der Waals surface area contributed by atoms with Gasteiger partial charge in [0, 0.05) is 0 Å². The van der Waals surface area contributed by atoms with Crippen molar-refractivity contribution in [3.63, 3.8) is 0 Å². The molecule has 0 saturated heterocycles. The number of thiophene rings is 1. The van der Waals surface area contributed by atoms with Crippen molar-refractivity contribution in [1.82, 2.24) is 4.98 Å². The molecule has 0 spiro atoms. The number of fused-ring (bicyclic) bond motifs is 3. The van der Waals surface area contributed by atoms with Crippen molar-refractivity contribution >= 4 is 49.2 Å². The summed E-state index contributed by atoms with van der Waals surface area (Å²) in [6, 6.07) is 26.4. The predicted octanol–water partition coefficient (Wildman–Crippen LogP) is 7.64. The van der Waals surface area contributed by atoms with Crippen LogP contribution in [0.4, 0.5) is 0 Å². The van der Waals surface area contributed by atoms with Crippen molar-refractivity contribution in [2.24, 2.45) is 0 Å². The normalized spacial score (nSPS) is 12.0. The van der Waals surface area contributed by atoms with Crippen molar-refractivity contribution in [2.45, 2.75) is 24.2 Å². The zero-order valence-corrected chi connectivity index (χ0v) is 20.8. The fourth-order valence-electron chi connectivity index (χ4n) is 4.15. The summed E-state index contributed by atoms with van der Waals surface area (Å²) in [6.07, 6.45) is 2.07. The Morgan fingerprint density at radius 1 is 0.767 bits per heavy atom. The topological polar surface area (TPSA) is 12.9 Å². The summed E-state index contributed by atoms with van der Waals surface area (Å²) in [5, 5.41) is 2.64. The van der Waals surface area contributed by atoms with Crippen LogP contribution in [0.3, 0.4) is 0 Å². The van der Waals surface area contributed by atoms with Crippen LogP contribution in [0.5, 0.6) is 0 Å². The van der Waals surface area contributed by atoms with Crippen LogP contribution in [0.25, 0.3) is 42.6 Å². The molecule has 30 heavy (non-hydrogen) atoms. The van der Waals surface area contributed by atoms with Crippen molar-refractivity contribution in [3.05, 3.63) is 84.6 Å². The maximum absolute atomic E-state index is 4.88. The number of aryl methyl sites for hydroxylation is 1. The van der Waals surface area contributed by atoms with E-state index in [1.54, 1.807) is 4.40 Å². The van der Waals surface area contributed by atoms with Gasteiger partial charge in [-0.15, -0.1) is 0 Å². The molecule has 0 N–H and O–H groups in total. The first-order valence-corrected chi connectivity index (χ1v) is 18.6. The fourth-order valence-corrected chi connectivity index (χ4v) is 10.2. The minimum absolute atomic E-state index is 1.05. The molecule has 2 heterocycles. The number of hydrogen-bond acceptors (Lipinski definition) is 2. The van der Waals surface area contributed by atoms with Gasteiger partial charge in [-0.25, -0.2) is 0 Å². The Morgan fingerprint density at radius 2 is 1.57 bits per heavy atom. The number of benzene rings is 3. The minimum atomic E-state index is -1.93. The van der Waals surface area contributed by atoms with Crippen molar-refractivity contribution in [3.8, 4) is 22.4 Å². The van der Waals surface area contributed by atoms with E-state index in [4.69, 9.17) is 4.98 Å². The van der Waals surface area contributed by atoms with Crippen LogP contribution in [0.1, 0.15) is 5.56 Å². The Labute approximate surface area is 184 Å². The molecule has 1 nitrogen and oxygen atoms in total. The third-order valence-electron chi connectivity index (χ3n) is 5.81. The summed E-state index contributed by atoms with van der Waals surface area (Å²) in [4.78, 5) is 4.88. The van der Waals surface area contributed by atoms with E-state index >= 15 is 0 Å². The molecule has 0 aliphatic carbocycles. The van der Waals surface area contributed by atoms with Gasteiger partial charge in [0.05, 0.1) is 0 Å². The van der Waals surface area contributed by atoms with Crippen molar-refractivity contribution in [2.75, 3.05) is 0 Å². The van der Waals surface area contributed by atoms with Gasteiger partial charge < -0.3 is 0 Å². The van der Waals surface area contributed by atoms with Crippen LogP contribution in [0.2, 0.25) is 17.3 Å². The number of nitrogens with zero attached hydrogens (tertiary/aromatic N) is 1. The van der Waals surface area contributed by atoms with Gasteiger partial charge in [-0.2, -0.15) is 0 Å². The molecule has 2 aromatic heterocycles. The molecule has 0 atom stereocenters. The molecule has 0 aliphatic rings. The number of hydrogen-bond donors (Lipinski definition) is 0. The molecular formula is C27H25GeNS. The average molecular weight is 468 g/mol. The zero-order chi connectivity index (χ0) is 20.9. The number of rotatable bonds is 3. The first-order chi connectivity index (χ1) is 14.4. The Bertz CT molecular complexity index is 1380. The second-order valence-electron chi connectivity index (χ2n) is 9.00. The molecule has 0 unspecified atom stereocenters. The van der Waals surface area contributed by atoms with Crippen LogP contribution in [-0.4, -0.2) is 18.3 Å². The van der Waals surface area contributed by atoms with E-state index < -0.39 is 13.3 Å². The SMILES string of the molecule is Cc1ccc(-c2cc3sc4[c]([Ge]([CH3])([CH3])[CH3])cccc4c3cn2)cc1-c1ccccc1. The molecule has 148 valence electrons. The van der Waals surface area contributed by atoms with Crippen LogP contribution in [-0.2, 0) is 0 Å². The van der Waals surface area contributed by atoms with Gasteiger partial charge in [0.15, 0.2) is 0 Å². The summed E-state index contributed by atoms with van der Waals surface area (Å²) in [6.45, 7) is 2.17. The van der Waals surface area contributed by atoms with Gasteiger partial charge in [-0.3, -0.25) is 0 Å². The Hall–Kier alpha value is -2.43. The molecule has 0 radical (unpaired) electrons. The monoisotopic (exact) mass is 469 g/mol.